The Morgan fingerprint density at radius 3 is 2.67 bits per heavy atom. The van der Waals surface area contributed by atoms with Crippen LogP contribution in [0.5, 0.6) is 0 Å². The zero-order chi connectivity index (χ0) is 25.0. The lowest BCUT2D eigenvalue weighted by molar-refractivity contribution is 0.0986. The van der Waals surface area contributed by atoms with Crippen molar-refractivity contribution >= 4 is 28.3 Å². The summed E-state index contributed by atoms with van der Waals surface area (Å²) in [6.45, 7) is 3.29. The van der Waals surface area contributed by atoms with Crippen molar-refractivity contribution in [2.24, 2.45) is 0 Å². The van der Waals surface area contributed by atoms with E-state index >= 15 is 0 Å². The fourth-order valence-electron chi connectivity index (χ4n) is 4.16. The van der Waals surface area contributed by atoms with Gasteiger partial charge in [-0.05, 0) is 62.4 Å². The first-order valence-electron chi connectivity index (χ1n) is 11.3. The molecule has 0 bridgehead atoms. The number of imidazole rings is 1. The van der Waals surface area contributed by atoms with Crippen molar-refractivity contribution in [3.05, 3.63) is 72.3 Å². The second-order valence-corrected chi connectivity index (χ2v) is 8.77. The number of carbonyl (C=O) groups is 1. The summed E-state index contributed by atoms with van der Waals surface area (Å²) in [4.78, 5) is 21.6. The molecule has 5 aromatic rings. The average Bonchev–Trinajstić information content (AvgIpc) is 3.22. The van der Waals surface area contributed by atoms with Crippen molar-refractivity contribution in [3.8, 4) is 17.2 Å². The number of pyridine rings is 1. The number of hydrogen-bond donors (Lipinski definition) is 1. The van der Waals surface area contributed by atoms with Crippen LogP contribution in [0.2, 0.25) is 0 Å². The number of halogens is 2. The number of aromatic nitrogens is 7. The van der Waals surface area contributed by atoms with Gasteiger partial charge in [0.2, 0.25) is 0 Å². The highest BCUT2D eigenvalue weighted by Crippen LogP contribution is 2.53. The number of benzene rings is 1. The fourth-order valence-corrected chi connectivity index (χ4v) is 4.16. The minimum Gasteiger partial charge on any atom is -0.339 e. The van der Waals surface area contributed by atoms with Crippen LogP contribution in [-0.2, 0) is 0 Å². The first-order chi connectivity index (χ1) is 17.3. The quantitative estimate of drug-likeness (QED) is 0.340. The van der Waals surface area contributed by atoms with Crippen LogP contribution in [0.15, 0.2) is 61.1 Å². The molecule has 180 valence electrons. The Kier molecular flexibility index (Phi) is 4.88. The average molecular weight is 486 g/mol. The third-order valence-corrected chi connectivity index (χ3v) is 6.13. The summed E-state index contributed by atoms with van der Waals surface area (Å²) in [5, 5.41) is 15.5. The Labute approximate surface area is 203 Å². The number of Topliss-reactive ketones (excluding diaryl/α,β-unsaturated/α-hetero) is 1. The van der Waals surface area contributed by atoms with E-state index < -0.39 is 12.0 Å². The lowest BCUT2D eigenvalue weighted by Crippen LogP contribution is -2.10. The Balaban J connectivity index is 1.38. The van der Waals surface area contributed by atoms with Crippen molar-refractivity contribution in [1.82, 2.24) is 34.5 Å². The van der Waals surface area contributed by atoms with Gasteiger partial charge < -0.3 is 5.32 Å². The number of alkyl halides is 2. The zero-order valence-corrected chi connectivity index (χ0v) is 19.4. The molecular formula is C25H20F2N8O. The maximum Gasteiger partial charge on any atom is 0.272 e. The molecule has 11 heteroatoms. The number of hydrogen-bond acceptors (Lipinski definition) is 7. The Morgan fingerprint density at radius 2 is 1.94 bits per heavy atom. The Hall–Kier alpha value is -4.54. The summed E-state index contributed by atoms with van der Waals surface area (Å²) < 4.78 is 30.7. The maximum atomic E-state index is 13.8. The molecule has 1 atom stereocenters. The highest BCUT2D eigenvalue weighted by molar-refractivity contribution is 5.99. The predicted octanol–water partition coefficient (Wildman–Crippen LogP) is 4.91. The predicted molar refractivity (Wildman–Crippen MR) is 129 cm³/mol. The monoisotopic (exact) mass is 486 g/mol. The van der Waals surface area contributed by atoms with Gasteiger partial charge in [-0.1, -0.05) is 0 Å². The van der Waals surface area contributed by atoms with Gasteiger partial charge in [0.05, 0.1) is 22.4 Å². The molecule has 1 aliphatic carbocycles. The highest BCUT2D eigenvalue weighted by Gasteiger charge is 2.59. The summed E-state index contributed by atoms with van der Waals surface area (Å²) in [5.41, 5.74) is 4.12. The zero-order valence-electron chi connectivity index (χ0n) is 19.4. The molecule has 0 radical (unpaired) electrons. The van der Waals surface area contributed by atoms with Gasteiger partial charge in [-0.3, -0.25) is 14.0 Å². The second-order valence-electron chi connectivity index (χ2n) is 8.77. The van der Waals surface area contributed by atoms with Gasteiger partial charge in [-0.15, -0.1) is 5.10 Å². The van der Waals surface area contributed by atoms with E-state index in [9.17, 15) is 13.6 Å². The van der Waals surface area contributed by atoms with Crippen LogP contribution in [0, 0.1) is 6.92 Å². The summed E-state index contributed by atoms with van der Waals surface area (Å²) in [7, 11) is 0. The van der Waals surface area contributed by atoms with Crippen LogP contribution < -0.4 is 5.32 Å². The van der Waals surface area contributed by atoms with Crippen LogP contribution in [0.4, 0.5) is 20.3 Å². The SMILES string of the molecule is CC(=O)c1ccc(-n2cnc3cc(Nc4ccc(C)nn4)ccc32)nc1-c1ccnn1C1CC1(F)F. The normalized spacial score (nSPS) is 16.3. The Morgan fingerprint density at radius 1 is 1.11 bits per heavy atom. The van der Waals surface area contributed by atoms with Gasteiger partial charge in [0, 0.05) is 23.9 Å². The minimum absolute atomic E-state index is 0.218. The second kappa shape index (κ2) is 8.01. The minimum atomic E-state index is -2.81. The van der Waals surface area contributed by atoms with Crippen LogP contribution in [-0.4, -0.2) is 46.2 Å². The molecule has 6 rings (SSSR count). The van der Waals surface area contributed by atoms with E-state index in [0.29, 0.717) is 34.1 Å². The van der Waals surface area contributed by atoms with Gasteiger partial charge in [0.15, 0.2) is 11.6 Å². The number of nitrogens with one attached hydrogen (secondary N) is 1. The van der Waals surface area contributed by atoms with Crippen molar-refractivity contribution in [2.75, 3.05) is 5.32 Å². The highest BCUT2D eigenvalue weighted by atomic mass is 19.3. The van der Waals surface area contributed by atoms with E-state index in [-0.39, 0.29) is 12.2 Å². The summed E-state index contributed by atoms with van der Waals surface area (Å²) in [6.07, 6.45) is 2.79. The van der Waals surface area contributed by atoms with E-state index in [4.69, 9.17) is 4.98 Å². The molecule has 4 aromatic heterocycles. The third-order valence-electron chi connectivity index (χ3n) is 6.13. The van der Waals surface area contributed by atoms with Crippen molar-refractivity contribution < 1.29 is 13.6 Å². The van der Waals surface area contributed by atoms with Gasteiger partial charge in [-0.25, -0.2) is 18.7 Å². The molecule has 1 aromatic carbocycles. The lowest BCUT2D eigenvalue weighted by Gasteiger charge is -2.12. The van der Waals surface area contributed by atoms with Crippen LogP contribution >= 0.6 is 0 Å². The molecule has 0 spiro atoms. The maximum absolute atomic E-state index is 13.8. The van der Waals surface area contributed by atoms with E-state index in [1.54, 1.807) is 29.1 Å². The van der Waals surface area contributed by atoms with Gasteiger partial charge in [0.25, 0.3) is 5.92 Å². The van der Waals surface area contributed by atoms with E-state index in [1.807, 2.05) is 37.3 Å². The van der Waals surface area contributed by atoms with Crippen molar-refractivity contribution in [3.63, 3.8) is 0 Å². The van der Waals surface area contributed by atoms with Crippen LogP contribution in [0.25, 0.3) is 28.2 Å². The molecule has 1 unspecified atom stereocenters. The van der Waals surface area contributed by atoms with E-state index in [1.165, 1.54) is 17.8 Å². The van der Waals surface area contributed by atoms with E-state index in [0.717, 1.165) is 16.9 Å². The number of rotatable bonds is 6. The molecule has 0 saturated heterocycles. The van der Waals surface area contributed by atoms with Crippen LogP contribution in [0.1, 0.15) is 35.4 Å². The first-order valence-corrected chi connectivity index (χ1v) is 11.3. The summed E-state index contributed by atoms with van der Waals surface area (Å²) >= 11 is 0. The van der Waals surface area contributed by atoms with E-state index in [2.05, 4.69) is 25.6 Å². The molecule has 1 saturated carbocycles. The summed E-state index contributed by atoms with van der Waals surface area (Å²) in [5.74, 6) is -1.92. The number of ketones is 1. The topological polar surface area (TPSA) is 103 Å². The molecule has 0 amide bonds. The van der Waals surface area contributed by atoms with Gasteiger partial charge >= 0.3 is 0 Å². The van der Waals surface area contributed by atoms with Gasteiger partial charge in [-0.2, -0.15) is 10.2 Å². The number of nitrogens with zero attached hydrogens (tertiary/aromatic N) is 7. The largest absolute Gasteiger partial charge is 0.339 e. The number of carbonyl (C=O) groups excluding carboxylic acids is 1. The molecule has 36 heavy (non-hydrogen) atoms. The molecule has 0 aliphatic heterocycles. The molecule has 1 fully saturated rings. The van der Waals surface area contributed by atoms with Crippen LogP contribution in [0.3, 0.4) is 0 Å². The molecule has 1 aliphatic rings. The lowest BCUT2D eigenvalue weighted by atomic mass is 10.1. The first kappa shape index (κ1) is 22.0. The molecule has 4 heterocycles. The smallest absolute Gasteiger partial charge is 0.272 e. The molecule has 1 N–H and O–H groups in total. The van der Waals surface area contributed by atoms with Gasteiger partial charge in [0.1, 0.15) is 23.9 Å². The number of anilines is 2. The number of aryl methyl sites for hydroxylation is 1. The van der Waals surface area contributed by atoms with Crippen molar-refractivity contribution in [1.29, 1.82) is 0 Å². The standard InChI is InChI=1S/C25H20F2N8O/c1-14-3-7-22(33-32-14)30-16-4-6-19-18(11-16)28-13-34(19)23-8-5-17(15(2)36)24(31-23)20-9-10-29-35(20)21-12-25(21,26)27/h3-11,13,21H,12H2,1-2H3,(H,30,33). The summed E-state index contributed by atoms with van der Waals surface area (Å²) in [6, 6.07) is 13.3. The fraction of sp³-hybridized carbons (Fsp3) is 0.200. The third kappa shape index (κ3) is 3.78. The molecule has 9 nitrogen and oxygen atoms in total. The van der Waals surface area contributed by atoms with Crippen molar-refractivity contribution in [2.45, 2.75) is 32.2 Å². The number of fused-ring (bicyclic) bond motifs is 1. The Bertz CT molecular complexity index is 1620. The molecular weight excluding hydrogens is 466 g/mol.